The molecule has 1 aromatic heterocycles. The number of hydrogen-bond donors (Lipinski definition) is 1. The van der Waals surface area contributed by atoms with Crippen molar-refractivity contribution in [3.8, 4) is 0 Å². The highest BCUT2D eigenvalue weighted by atomic mass is 32.2. The lowest BCUT2D eigenvalue weighted by Gasteiger charge is -2.34. The van der Waals surface area contributed by atoms with Gasteiger partial charge in [-0.1, -0.05) is 36.4 Å². The lowest BCUT2D eigenvalue weighted by Crippen LogP contribution is -2.47. The smallest absolute Gasteiger partial charge is 0.361 e. The number of imidazole rings is 1. The van der Waals surface area contributed by atoms with E-state index in [1.165, 1.54) is 12.4 Å². The lowest BCUT2D eigenvalue weighted by atomic mass is 10.0. The first-order chi connectivity index (χ1) is 15.7. The number of halogens is 4. The van der Waals surface area contributed by atoms with Crippen molar-refractivity contribution < 1.29 is 26.0 Å². The van der Waals surface area contributed by atoms with Gasteiger partial charge < -0.3 is 9.88 Å². The Hall–Kier alpha value is -2.92. The van der Waals surface area contributed by atoms with Crippen LogP contribution in [0.3, 0.4) is 0 Å². The van der Waals surface area contributed by atoms with Crippen LogP contribution in [-0.4, -0.2) is 40.8 Å². The van der Waals surface area contributed by atoms with Crippen LogP contribution in [0.4, 0.5) is 23.2 Å². The van der Waals surface area contributed by atoms with Crippen LogP contribution in [0, 0.1) is 5.82 Å². The number of H-pyrrole nitrogens is 1. The van der Waals surface area contributed by atoms with Crippen LogP contribution >= 0.6 is 0 Å². The van der Waals surface area contributed by atoms with Crippen molar-refractivity contribution in [2.45, 2.75) is 37.5 Å². The molecule has 0 amide bonds. The van der Waals surface area contributed by atoms with Crippen molar-refractivity contribution in [1.29, 1.82) is 0 Å². The average molecular weight is 483 g/mol. The molecule has 3 aromatic rings. The van der Waals surface area contributed by atoms with Gasteiger partial charge in [0.2, 0.25) is 0 Å². The number of alkyl halides is 3. The molecule has 1 N–H and O–H groups in total. The molecule has 33 heavy (non-hydrogen) atoms. The van der Waals surface area contributed by atoms with Gasteiger partial charge in [-0.25, -0.2) is 17.8 Å². The SMILES string of the molecule is O=S(=O)(N1Cc2c(F)cccc2N(Cc2cnc[nH]2)C(CCc2ccccc2)C1)C(F)(F)F. The van der Waals surface area contributed by atoms with Gasteiger partial charge >= 0.3 is 15.5 Å². The van der Waals surface area contributed by atoms with Crippen LogP contribution in [-0.2, 0) is 29.5 Å². The Balaban J connectivity index is 1.77. The number of aromatic amines is 1. The molecule has 0 spiro atoms. The maximum absolute atomic E-state index is 14.8. The molecule has 0 saturated heterocycles. The highest BCUT2D eigenvalue weighted by Gasteiger charge is 2.51. The van der Waals surface area contributed by atoms with Crippen molar-refractivity contribution >= 4 is 15.7 Å². The number of fused-ring (bicyclic) bond motifs is 1. The molecule has 4 rings (SSSR count). The minimum atomic E-state index is -5.66. The highest BCUT2D eigenvalue weighted by Crippen LogP contribution is 2.36. The van der Waals surface area contributed by atoms with Crippen molar-refractivity contribution in [3.05, 3.63) is 83.7 Å². The molecule has 0 fully saturated rings. The van der Waals surface area contributed by atoms with E-state index in [1.54, 1.807) is 17.2 Å². The van der Waals surface area contributed by atoms with Gasteiger partial charge in [0.25, 0.3) is 0 Å². The molecule has 0 radical (unpaired) electrons. The van der Waals surface area contributed by atoms with E-state index in [2.05, 4.69) is 9.97 Å². The van der Waals surface area contributed by atoms with Crippen LogP contribution in [0.1, 0.15) is 23.2 Å². The Morgan fingerprint density at radius 3 is 2.52 bits per heavy atom. The molecular weight excluding hydrogens is 460 g/mol. The van der Waals surface area contributed by atoms with E-state index in [9.17, 15) is 26.0 Å². The summed E-state index contributed by atoms with van der Waals surface area (Å²) >= 11 is 0. The van der Waals surface area contributed by atoms with Gasteiger partial charge in [0.05, 0.1) is 18.6 Å². The van der Waals surface area contributed by atoms with Crippen molar-refractivity contribution in [2.75, 3.05) is 11.4 Å². The third-order valence-corrected chi connectivity index (χ3v) is 7.27. The van der Waals surface area contributed by atoms with E-state index in [0.717, 1.165) is 11.6 Å². The van der Waals surface area contributed by atoms with Gasteiger partial charge in [0.15, 0.2) is 0 Å². The quantitative estimate of drug-likeness (QED) is 0.534. The zero-order valence-corrected chi connectivity index (χ0v) is 18.3. The standard InChI is InChI=1S/C22H22F4N4O2S/c23-20-7-4-8-21-19(20)14-29(33(31,32)22(24,25)26)13-18(10-9-16-5-2-1-3-6-16)30(21)12-17-11-27-15-28-17/h1-8,11,15,18H,9-10,12-14H2,(H,27,28). The third-order valence-electron chi connectivity index (χ3n) is 5.73. The summed E-state index contributed by atoms with van der Waals surface area (Å²) in [6.07, 6.45) is 3.91. The number of rotatable bonds is 6. The van der Waals surface area contributed by atoms with E-state index in [-0.39, 0.29) is 12.1 Å². The van der Waals surface area contributed by atoms with Crippen LogP contribution < -0.4 is 4.90 Å². The van der Waals surface area contributed by atoms with E-state index in [4.69, 9.17) is 0 Å². The van der Waals surface area contributed by atoms with Crippen LogP contribution in [0.5, 0.6) is 0 Å². The first-order valence-electron chi connectivity index (χ1n) is 10.3. The Labute approximate surface area is 188 Å². The fourth-order valence-electron chi connectivity index (χ4n) is 4.07. The maximum atomic E-state index is 14.8. The number of benzene rings is 2. The maximum Gasteiger partial charge on any atom is 0.511 e. The Morgan fingerprint density at radius 1 is 1.09 bits per heavy atom. The molecule has 11 heteroatoms. The number of hydrogen-bond acceptors (Lipinski definition) is 4. The first-order valence-corrected chi connectivity index (χ1v) is 11.7. The van der Waals surface area contributed by atoms with Crippen molar-refractivity contribution in [3.63, 3.8) is 0 Å². The summed E-state index contributed by atoms with van der Waals surface area (Å²) in [5, 5.41) is 0. The molecule has 1 atom stereocenters. The second kappa shape index (κ2) is 9.14. The van der Waals surface area contributed by atoms with Gasteiger partial charge in [0.1, 0.15) is 5.82 Å². The summed E-state index contributed by atoms with van der Waals surface area (Å²) in [5.41, 5.74) is -3.58. The fourth-order valence-corrected chi connectivity index (χ4v) is 5.03. The van der Waals surface area contributed by atoms with E-state index >= 15 is 0 Å². The van der Waals surface area contributed by atoms with Gasteiger partial charge in [-0.05, 0) is 30.5 Å². The predicted octanol–water partition coefficient (Wildman–Crippen LogP) is 4.22. The van der Waals surface area contributed by atoms with Crippen LogP contribution in [0.15, 0.2) is 61.1 Å². The van der Waals surface area contributed by atoms with Crippen LogP contribution in [0.25, 0.3) is 0 Å². The molecule has 0 aliphatic carbocycles. The van der Waals surface area contributed by atoms with Gasteiger partial charge in [-0.3, -0.25) is 0 Å². The second-order valence-corrected chi connectivity index (χ2v) is 9.79. The summed E-state index contributed by atoms with van der Waals surface area (Å²) < 4.78 is 80.2. The van der Waals surface area contributed by atoms with E-state index < -0.39 is 40.5 Å². The molecule has 2 aromatic carbocycles. The molecule has 1 aliphatic heterocycles. The molecular formula is C22H22F4N4O2S. The van der Waals surface area contributed by atoms with E-state index in [0.29, 0.717) is 28.5 Å². The average Bonchev–Trinajstić information content (AvgIpc) is 3.22. The lowest BCUT2D eigenvalue weighted by molar-refractivity contribution is -0.0492. The minimum Gasteiger partial charge on any atom is -0.361 e. The molecule has 6 nitrogen and oxygen atoms in total. The first kappa shape index (κ1) is 23.2. The predicted molar refractivity (Wildman–Crippen MR) is 115 cm³/mol. The topological polar surface area (TPSA) is 69.3 Å². The Bertz CT molecular complexity index is 1180. The summed E-state index contributed by atoms with van der Waals surface area (Å²) in [6.45, 7) is -0.933. The number of nitrogens with zero attached hydrogens (tertiary/aromatic N) is 3. The largest absolute Gasteiger partial charge is 0.511 e. The fraction of sp³-hybridized carbons (Fsp3) is 0.318. The number of anilines is 1. The Morgan fingerprint density at radius 2 is 1.85 bits per heavy atom. The summed E-state index contributed by atoms with van der Waals surface area (Å²) in [7, 11) is -5.66. The number of sulfonamides is 1. The third kappa shape index (κ3) is 4.88. The van der Waals surface area contributed by atoms with Crippen LogP contribution in [0.2, 0.25) is 0 Å². The number of nitrogens with one attached hydrogen (secondary N) is 1. The molecule has 1 aliphatic rings. The van der Waals surface area contributed by atoms with E-state index in [1.807, 2.05) is 30.3 Å². The summed E-state index contributed by atoms with van der Waals surface area (Å²) in [5.74, 6) is -0.756. The van der Waals surface area contributed by atoms with Crippen molar-refractivity contribution in [1.82, 2.24) is 14.3 Å². The number of aryl methyl sites for hydroxylation is 1. The van der Waals surface area contributed by atoms with Crippen molar-refractivity contribution in [2.24, 2.45) is 0 Å². The summed E-state index contributed by atoms with van der Waals surface area (Å²) in [6, 6.07) is 12.9. The molecule has 1 unspecified atom stereocenters. The molecule has 0 bridgehead atoms. The number of aromatic nitrogens is 2. The van der Waals surface area contributed by atoms with Gasteiger partial charge in [0, 0.05) is 36.6 Å². The monoisotopic (exact) mass is 482 g/mol. The normalized spacial score (nSPS) is 17.6. The Kier molecular flexibility index (Phi) is 6.44. The molecule has 0 saturated carbocycles. The zero-order chi connectivity index (χ0) is 23.6. The molecule has 176 valence electrons. The highest BCUT2D eigenvalue weighted by molar-refractivity contribution is 7.89. The molecule has 2 heterocycles. The summed E-state index contributed by atoms with van der Waals surface area (Å²) in [4.78, 5) is 8.69. The van der Waals surface area contributed by atoms with Gasteiger partial charge in [-0.15, -0.1) is 0 Å². The zero-order valence-electron chi connectivity index (χ0n) is 17.5. The minimum absolute atomic E-state index is 0.0907. The second-order valence-electron chi connectivity index (χ2n) is 7.86. The van der Waals surface area contributed by atoms with Gasteiger partial charge in [-0.2, -0.15) is 17.5 Å².